The van der Waals surface area contributed by atoms with Crippen molar-refractivity contribution >= 4 is 64.2 Å². The van der Waals surface area contributed by atoms with Crippen molar-refractivity contribution in [1.29, 1.82) is 0 Å². The third-order valence-corrected chi connectivity index (χ3v) is 10.9. The van der Waals surface area contributed by atoms with Crippen LogP contribution in [0.4, 0.5) is 0 Å². The minimum Gasteiger partial charge on any atom is -0.455 e. The molecule has 3 heterocycles. The maximum Gasteiger partial charge on any atom is 0.167 e. The number of thiophene rings is 1. The summed E-state index contributed by atoms with van der Waals surface area (Å²) in [5.41, 5.74) is 9.46. The molecule has 5 heteroatoms. The lowest BCUT2D eigenvalue weighted by molar-refractivity contribution is 0.669. The van der Waals surface area contributed by atoms with Crippen molar-refractivity contribution in [1.82, 2.24) is 15.0 Å². The van der Waals surface area contributed by atoms with Crippen LogP contribution in [0.25, 0.3) is 109 Å². The van der Waals surface area contributed by atoms with E-state index in [1.165, 1.54) is 53.2 Å². The van der Waals surface area contributed by atoms with Crippen molar-refractivity contribution in [3.05, 3.63) is 140 Å². The maximum absolute atomic E-state index is 6.47. The van der Waals surface area contributed by atoms with Gasteiger partial charge in [-0.05, 0) is 51.7 Å². The van der Waals surface area contributed by atoms with Crippen LogP contribution >= 0.6 is 11.3 Å². The number of rotatable bonds is 3. The molecule has 0 aliphatic heterocycles. The SMILES string of the molecule is c1ccc(-c2nc(-c3cccc4c3oc3ccccc34)nc(-c3cc4c(c5sc6ccccc6c35)-c3cccc5cccc-4c35)n2)cc1. The van der Waals surface area contributed by atoms with E-state index in [4.69, 9.17) is 19.4 Å². The molecule has 0 unspecified atom stereocenters. The first-order valence-electron chi connectivity index (χ1n) is 16.0. The van der Waals surface area contributed by atoms with Crippen molar-refractivity contribution in [2.24, 2.45) is 0 Å². The summed E-state index contributed by atoms with van der Waals surface area (Å²) in [7, 11) is 0. The van der Waals surface area contributed by atoms with E-state index in [0.717, 1.165) is 38.6 Å². The van der Waals surface area contributed by atoms with Crippen LogP contribution in [0.5, 0.6) is 0 Å². The minimum atomic E-state index is 0.585. The molecular weight excluding hydrogens is 607 g/mol. The first-order chi connectivity index (χ1) is 23.8. The van der Waals surface area contributed by atoms with Gasteiger partial charge in [-0.1, -0.05) is 115 Å². The van der Waals surface area contributed by atoms with Crippen LogP contribution in [0.15, 0.2) is 144 Å². The van der Waals surface area contributed by atoms with Crippen molar-refractivity contribution in [3.8, 4) is 56.4 Å². The molecule has 0 N–H and O–H groups in total. The molecule has 1 aliphatic carbocycles. The van der Waals surface area contributed by atoms with Gasteiger partial charge < -0.3 is 4.42 Å². The summed E-state index contributed by atoms with van der Waals surface area (Å²) in [6.07, 6.45) is 0. The smallest absolute Gasteiger partial charge is 0.167 e. The van der Waals surface area contributed by atoms with Crippen molar-refractivity contribution < 1.29 is 4.42 Å². The highest BCUT2D eigenvalue weighted by Gasteiger charge is 2.28. The maximum atomic E-state index is 6.47. The predicted molar refractivity (Wildman–Crippen MR) is 198 cm³/mol. The molecule has 11 rings (SSSR count). The Morgan fingerprint density at radius 3 is 2.00 bits per heavy atom. The highest BCUT2D eigenvalue weighted by atomic mass is 32.1. The van der Waals surface area contributed by atoms with Gasteiger partial charge in [-0.15, -0.1) is 11.3 Å². The summed E-state index contributed by atoms with van der Waals surface area (Å²) in [6.45, 7) is 0. The molecule has 0 spiro atoms. The molecule has 7 aromatic carbocycles. The predicted octanol–water partition coefficient (Wildman–Crippen LogP) is 11.9. The van der Waals surface area contributed by atoms with E-state index in [2.05, 4.69) is 97.1 Å². The summed E-state index contributed by atoms with van der Waals surface area (Å²) in [5.74, 6) is 1.86. The van der Waals surface area contributed by atoms with Gasteiger partial charge in [0.1, 0.15) is 11.2 Å². The molecule has 222 valence electrons. The second-order valence-electron chi connectivity index (χ2n) is 12.3. The first-order valence-corrected chi connectivity index (χ1v) is 16.8. The van der Waals surface area contributed by atoms with E-state index in [1.807, 2.05) is 53.8 Å². The largest absolute Gasteiger partial charge is 0.455 e. The van der Waals surface area contributed by atoms with Gasteiger partial charge in [0.15, 0.2) is 17.5 Å². The van der Waals surface area contributed by atoms with Gasteiger partial charge in [0.25, 0.3) is 0 Å². The molecule has 10 aromatic rings. The lowest BCUT2D eigenvalue weighted by Crippen LogP contribution is -2.01. The van der Waals surface area contributed by atoms with Crippen LogP contribution in [0, 0.1) is 0 Å². The van der Waals surface area contributed by atoms with Gasteiger partial charge in [-0.25, -0.2) is 15.0 Å². The topological polar surface area (TPSA) is 51.8 Å². The molecule has 0 fully saturated rings. The van der Waals surface area contributed by atoms with E-state index >= 15 is 0 Å². The Kier molecular flexibility index (Phi) is 5.23. The molecule has 0 saturated carbocycles. The zero-order valence-corrected chi connectivity index (χ0v) is 26.3. The van der Waals surface area contributed by atoms with E-state index in [-0.39, 0.29) is 0 Å². The average Bonchev–Trinajstić information content (AvgIpc) is 3.82. The number of hydrogen-bond acceptors (Lipinski definition) is 5. The number of para-hydroxylation sites is 2. The van der Waals surface area contributed by atoms with E-state index in [9.17, 15) is 0 Å². The Morgan fingerprint density at radius 1 is 0.458 bits per heavy atom. The molecule has 1 aliphatic rings. The normalized spacial score (nSPS) is 12.2. The monoisotopic (exact) mass is 629 g/mol. The third kappa shape index (κ3) is 3.56. The van der Waals surface area contributed by atoms with Crippen LogP contribution in [-0.2, 0) is 0 Å². The molecule has 0 atom stereocenters. The van der Waals surface area contributed by atoms with Gasteiger partial charge >= 0.3 is 0 Å². The molecular formula is C43H23N3OS. The fourth-order valence-corrected chi connectivity index (χ4v) is 8.88. The molecule has 3 aromatic heterocycles. The highest BCUT2D eigenvalue weighted by molar-refractivity contribution is 7.26. The van der Waals surface area contributed by atoms with Crippen LogP contribution in [-0.4, -0.2) is 15.0 Å². The number of hydrogen-bond donors (Lipinski definition) is 0. The van der Waals surface area contributed by atoms with Gasteiger partial charge in [-0.3, -0.25) is 0 Å². The van der Waals surface area contributed by atoms with E-state index < -0.39 is 0 Å². The lowest BCUT2D eigenvalue weighted by Gasteiger charge is -2.12. The second-order valence-corrected chi connectivity index (χ2v) is 13.4. The van der Waals surface area contributed by atoms with Crippen LogP contribution in [0.1, 0.15) is 0 Å². The molecule has 48 heavy (non-hydrogen) atoms. The summed E-state index contributed by atoms with van der Waals surface area (Å²) in [6, 6.07) is 48.8. The highest BCUT2D eigenvalue weighted by Crippen LogP contribution is 2.55. The Hall–Kier alpha value is -6.17. The van der Waals surface area contributed by atoms with Crippen molar-refractivity contribution in [3.63, 3.8) is 0 Å². The molecule has 0 radical (unpaired) electrons. The fraction of sp³-hybridized carbons (Fsp3) is 0. The summed E-state index contributed by atoms with van der Waals surface area (Å²) < 4.78 is 8.98. The molecule has 0 bridgehead atoms. The van der Waals surface area contributed by atoms with Crippen LogP contribution < -0.4 is 0 Å². The number of benzene rings is 7. The van der Waals surface area contributed by atoms with E-state index in [0.29, 0.717) is 17.5 Å². The van der Waals surface area contributed by atoms with Crippen LogP contribution in [0.2, 0.25) is 0 Å². The zero-order chi connectivity index (χ0) is 31.3. The first kappa shape index (κ1) is 26.0. The Balaban J connectivity index is 1.26. The molecule has 0 saturated heterocycles. The minimum absolute atomic E-state index is 0.585. The van der Waals surface area contributed by atoms with E-state index in [1.54, 1.807) is 0 Å². The lowest BCUT2D eigenvalue weighted by atomic mass is 9.96. The fourth-order valence-electron chi connectivity index (χ4n) is 7.59. The Morgan fingerprint density at radius 2 is 1.12 bits per heavy atom. The Labute approximate surface area is 278 Å². The zero-order valence-electron chi connectivity index (χ0n) is 25.4. The van der Waals surface area contributed by atoms with Gasteiger partial charge in [0, 0.05) is 47.6 Å². The summed E-state index contributed by atoms with van der Waals surface area (Å²) in [4.78, 5) is 15.6. The Bertz CT molecular complexity index is 2950. The standard InChI is InChI=1S/C43H23N3OS/c1-2-11-25(12-3-1)41-44-42(31-20-10-18-28-26-15-4-6-21-34(26)47-39(28)31)46-43(45-41)33-23-32-27-17-8-13-24-14-9-19-30(36(24)27)38(32)40-37(33)29-16-5-7-22-35(29)48-40/h1-23H. The third-order valence-electron chi connectivity index (χ3n) is 9.67. The summed E-state index contributed by atoms with van der Waals surface area (Å²) in [5, 5.41) is 7.07. The molecule has 4 nitrogen and oxygen atoms in total. The van der Waals surface area contributed by atoms with Crippen molar-refractivity contribution in [2.75, 3.05) is 0 Å². The van der Waals surface area contributed by atoms with Gasteiger partial charge in [-0.2, -0.15) is 0 Å². The number of fused-ring (bicyclic) bond motifs is 10. The second kappa shape index (κ2) is 9.67. The number of aromatic nitrogens is 3. The number of furan rings is 1. The summed E-state index contributed by atoms with van der Waals surface area (Å²) >= 11 is 1.85. The molecule has 0 amide bonds. The average molecular weight is 630 g/mol. The van der Waals surface area contributed by atoms with Crippen molar-refractivity contribution in [2.45, 2.75) is 0 Å². The van der Waals surface area contributed by atoms with Crippen LogP contribution in [0.3, 0.4) is 0 Å². The van der Waals surface area contributed by atoms with Gasteiger partial charge in [0.05, 0.1) is 5.56 Å². The quantitative estimate of drug-likeness (QED) is 0.195. The van der Waals surface area contributed by atoms with Gasteiger partial charge in [0.2, 0.25) is 0 Å². The number of nitrogens with zero attached hydrogens (tertiary/aromatic N) is 3.